The summed E-state index contributed by atoms with van der Waals surface area (Å²) in [4.78, 5) is 34.2. The first-order chi connectivity index (χ1) is 14.5. The highest BCUT2D eigenvalue weighted by atomic mass is 16.2. The van der Waals surface area contributed by atoms with Gasteiger partial charge in [-0.2, -0.15) is 0 Å². The fourth-order valence-corrected chi connectivity index (χ4v) is 3.31. The van der Waals surface area contributed by atoms with E-state index in [4.69, 9.17) is 0 Å². The molecular weight excluding hydrogens is 378 g/mol. The summed E-state index contributed by atoms with van der Waals surface area (Å²) in [6.07, 6.45) is 5.08. The third kappa shape index (κ3) is 3.77. The fourth-order valence-electron chi connectivity index (χ4n) is 3.31. The predicted octanol–water partition coefficient (Wildman–Crippen LogP) is 3.53. The van der Waals surface area contributed by atoms with Crippen molar-refractivity contribution < 1.29 is 9.59 Å². The second-order valence-electron chi connectivity index (χ2n) is 7.00. The zero-order valence-corrected chi connectivity index (χ0v) is 16.7. The summed E-state index contributed by atoms with van der Waals surface area (Å²) in [5.41, 5.74) is 4.31. The minimum absolute atomic E-state index is 0.154. The summed E-state index contributed by atoms with van der Waals surface area (Å²) in [5, 5.41) is 5.78. The first-order valence-corrected chi connectivity index (χ1v) is 9.56. The van der Waals surface area contributed by atoms with Crippen LogP contribution in [0.2, 0.25) is 0 Å². The van der Waals surface area contributed by atoms with E-state index in [0.717, 1.165) is 22.4 Å². The molecule has 1 aromatic carbocycles. The van der Waals surface area contributed by atoms with E-state index in [2.05, 4.69) is 20.6 Å². The van der Waals surface area contributed by atoms with Gasteiger partial charge in [-0.1, -0.05) is 30.3 Å². The van der Waals surface area contributed by atoms with Crippen molar-refractivity contribution in [3.05, 3.63) is 95.3 Å². The number of para-hydroxylation sites is 1. The van der Waals surface area contributed by atoms with Crippen LogP contribution in [0.5, 0.6) is 0 Å². The van der Waals surface area contributed by atoms with Gasteiger partial charge in [0.2, 0.25) is 5.82 Å². The number of rotatable bonds is 5. The van der Waals surface area contributed by atoms with Crippen molar-refractivity contribution in [3.8, 4) is 0 Å². The maximum Gasteiger partial charge on any atom is 0.287 e. The number of nitrogens with one attached hydrogen (secondary N) is 2. The molecule has 0 saturated carbocycles. The van der Waals surface area contributed by atoms with Crippen LogP contribution in [0.1, 0.15) is 37.8 Å². The summed E-state index contributed by atoms with van der Waals surface area (Å²) < 4.78 is 1.62. The van der Waals surface area contributed by atoms with Crippen molar-refractivity contribution in [3.63, 3.8) is 0 Å². The van der Waals surface area contributed by atoms with Gasteiger partial charge in [-0.15, -0.1) is 0 Å². The highest BCUT2D eigenvalue weighted by Gasteiger charge is 2.22. The van der Waals surface area contributed by atoms with Crippen LogP contribution in [0.15, 0.2) is 67.1 Å². The van der Waals surface area contributed by atoms with Gasteiger partial charge in [0.25, 0.3) is 11.8 Å². The molecule has 0 fully saturated rings. The number of aryl methyl sites for hydroxylation is 2. The van der Waals surface area contributed by atoms with E-state index in [-0.39, 0.29) is 23.3 Å². The van der Waals surface area contributed by atoms with Gasteiger partial charge in [-0.25, -0.2) is 4.98 Å². The number of nitrogens with zero attached hydrogens (tertiary/aromatic N) is 3. The minimum atomic E-state index is -0.369. The van der Waals surface area contributed by atoms with E-state index >= 15 is 0 Å². The lowest BCUT2D eigenvalue weighted by molar-refractivity contribution is 0.0940. The average molecular weight is 399 g/mol. The number of carbonyl (C=O) groups excluding carboxylic acids is 2. The normalized spacial score (nSPS) is 10.7. The van der Waals surface area contributed by atoms with Crippen LogP contribution in [0.4, 0.5) is 5.69 Å². The molecule has 0 aliphatic rings. The summed E-state index contributed by atoms with van der Waals surface area (Å²) in [6.45, 7) is 4.19. The van der Waals surface area contributed by atoms with Crippen LogP contribution in [-0.2, 0) is 6.54 Å². The minimum Gasteiger partial charge on any atom is -0.345 e. The molecule has 2 amide bonds. The molecule has 3 heterocycles. The van der Waals surface area contributed by atoms with Crippen molar-refractivity contribution >= 4 is 23.0 Å². The zero-order chi connectivity index (χ0) is 21.1. The lowest BCUT2D eigenvalue weighted by Crippen LogP contribution is -2.25. The summed E-state index contributed by atoms with van der Waals surface area (Å²) in [5.74, 6) is -0.574. The Morgan fingerprint density at radius 2 is 1.77 bits per heavy atom. The molecule has 0 bridgehead atoms. The Labute approximate surface area is 173 Å². The van der Waals surface area contributed by atoms with Crippen molar-refractivity contribution in [2.24, 2.45) is 0 Å². The number of pyridine rings is 2. The number of carbonyl (C=O) groups is 2. The molecule has 0 atom stereocenters. The number of fused-ring (bicyclic) bond motifs is 1. The predicted molar refractivity (Wildman–Crippen MR) is 114 cm³/mol. The molecule has 0 aliphatic heterocycles. The topological polar surface area (TPSA) is 88.4 Å². The molecular formula is C23H21N5O2. The van der Waals surface area contributed by atoms with Gasteiger partial charge in [0.15, 0.2) is 5.69 Å². The van der Waals surface area contributed by atoms with Gasteiger partial charge in [-0.3, -0.25) is 19.0 Å². The maximum absolute atomic E-state index is 13.0. The van der Waals surface area contributed by atoms with Crippen molar-refractivity contribution in [1.29, 1.82) is 0 Å². The molecule has 150 valence electrons. The Kier molecular flexibility index (Phi) is 5.26. The lowest BCUT2D eigenvalue weighted by Gasteiger charge is -2.10. The standard InChI is InChI=1S/C23H21N5O2/c1-15-7-5-8-16(2)19(15)27-22(29)20-18-10-3-4-12-28(18)21(26-20)23(30)25-14-17-9-6-11-24-13-17/h3-13H,14H2,1-2H3,(H,25,30)(H,27,29). The van der Waals surface area contributed by atoms with E-state index in [0.29, 0.717) is 12.1 Å². The highest BCUT2D eigenvalue weighted by molar-refractivity contribution is 6.09. The van der Waals surface area contributed by atoms with E-state index in [1.807, 2.05) is 50.2 Å². The Balaban J connectivity index is 1.63. The number of benzene rings is 1. The highest BCUT2D eigenvalue weighted by Crippen LogP contribution is 2.21. The van der Waals surface area contributed by atoms with Crippen LogP contribution in [-0.4, -0.2) is 26.2 Å². The Hall–Kier alpha value is -4.00. The Bertz CT molecular complexity index is 1210. The van der Waals surface area contributed by atoms with E-state index in [9.17, 15) is 9.59 Å². The van der Waals surface area contributed by atoms with Gasteiger partial charge in [0.05, 0.1) is 5.52 Å². The van der Waals surface area contributed by atoms with Gasteiger partial charge in [-0.05, 0) is 48.7 Å². The summed E-state index contributed by atoms with van der Waals surface area (Å²) in [6, 6.07) is 14.9. The molecule has 3 aromatic heterocycles. The van der Waals surface area contributed by atoms with Crippen LogP contribution in [0.25, 0.3) is 5.52 Å². The van der Waals surface area contributed by atoms with Crippen LogP contribution < -0.4 is 10.6 Å². The van der Waals surface area contributed by atoms with Gasteiger partial charge in [0, 0.05) is 30.8 Å². The quantitative estimate of drug-likeness (QED) is 0.537. The SMILES string of the molecule is Cc1cccc(C)c1NC(=O)c1nc(C(=O)NCc2cccnc2)n2ccccc12. The molecule has 0 spiro atoms. The van der Waals surface area contributed by atoms with E-state index < -0.39 is 0 Å². The van der Waals surface area contributed by atoms with Gasteiger partial charge >= 0.3 is 0 Å². The third-order valence-corrected chi connectivity index (χ3v) is 4.86. The first kappa shape index (κ1) is 19.3. The second-order valence-corrected chi connectivity index (χ2v) is 7.00. The third-order valence-electron chi connectivity index (χ3n) is 4.86. The molecule has 0 radical (unpaired) electrons. The monoisotopic (exact) mass is 399 g/mol. The zero-order valence-electron chi connectivity index (χ0n) is 16.7. The molecule has 0 saturated heterocycles. The van der Waals surface area contributed by atoms with E-state index in [1.54, 1.807) is 35.1 Å². The molecule has 2 N–H and O–H groups in total. The second kappa shape index (κ2) is 8.16. The van der Waals surface area contributed by atoms with Crippen LogP contribution in [0.3, 0.4) is 0 Å². The van der Waals surface area contributed by atoms with Crippen molar-refractivity contribution in [2.45, 2.75) is 20.4 Å². The summed E-state index contributed by atoms with van der Waals surface area (Å²) >= 11 is 0. The van der Waals surface area contributed by atoms with Crippen molar-refractivity contribution in [1.82, 2.24) is 19.7 Å². The molecule has 0 aliphatic carbocycles. The van der Waals surface area contributed by atoms with Gasteiger partial charge in [0.1, 0.15) is 0 Å². The Morgan fingerprint density at radius 3 is 2.50 bits per heavy atom. The number of imidazole rings is 1. The number of hydrogen-bond donors (Lipinski definition) is 2. The van der Waals surface area contributed by atoms with E-state index in [1.165, 1.54) is 0 Å². The number of aromatic nitrogens is 3. The number of amides is 2. The number of anilines is 1. The maximum atomic E-state index is 13.0. The number of hydrogen-bond acceptors (Lipinski definition) is 4. The molecule has 30 heavy (non-hydrogen) atoms. The van der Waals surface area contributed by atoms with Crippen LogP contribution in [0, 0.1) is 13.8 Å². The average Bonchev–Trinajstić information content (AvgIpc) is 3.15. The molecule has 4 aromatic rings. The molecule has 7 nitrogen and oxygen atoms in total. The van der Waals surface area contributed by atoms with Gasteiger partial charge < -0.3 is 10.6 Å². The Morgan fingerprint density at radius 1 is 0.967 bits per heavy atom. The first-order valence-electron chi connectivity index (χ1n) is 9.56. The molecule has 0 unspecified atom stereocenters. The molecule has 7 heteroatoms. The van der Waals surface area contributed by atoms with Crippen molar-refractivity contribution in [2.75, 3.05) is 5.32 Å². The smallest absolute Gasteiger partial charge is 0.287 e. The summed E-state index contributed by atoms with van der Waals surface area (Å²) in [7, 11) is 0. The molecule has 4 rings (SSSR count). The fraction of sp³-hybridized carbons (Fsp3) is 0.130. The van der Waals surface area contributed by atoms with Crippen LogP contribution >= 0.6 is 0 Å². The largest absolute Gasteiger partial charge is 0.345 e. The lowest BCUT2D eigenvalue weighted by atomic mass is 10.1.